The molecule has 0 radical (unpaired) electrons. The van der Waals surface area contributed by atoms with Gasteiger partial charge in [-0.1, -0.05) is 6.07 Å². The first kappa shape index (κ1) is 12.5. The van der Waals surface area contributed by atoms with Crippen LogP contribution >= 0.6 is 11.8 Å². The number of carboxylic acid groups (broad SMARTS) is 1. The lowest BCUT2D eigenvalue weighted by Crippen LogP contribution is -2.15. The molecule has 1 N–H and O–H groups in total. The highest BCUT2D eigenvalue weighted by Gasteiger charge is 2.17. The molecule has 0 aliphatic carbocycles. The SMILES string of the molecule is O=C(O)c1cccc2c1ncn2CC1CCSCC1. The van der Waals surface area contributed by atoms with Crippen LogP contribution in [-0.2, 0) is 6.54 Å². The van der Waals surface area contributed by atoms with Gasteiger partial charge in [0.1, 0.15) is 5.52 Å². The zero-order valence-corrected chi connectivity index (χ0v) is 11.4. The van der Waals surface area contributed by atoms with E-state index < -0.39 is 5.97 Å². The second kappa shape index (κ2) is 5.25. The summed E-state index contributed by atoms with van der Waals surface area (Å²) in [5.74, 6) is 2.24. The molecule has 3 rings (SSSR count). The quantitative estimate of drug-likeness (QED) is 0.936. The van der Waals surface area contributed by atoms with Crippen molar-refractivity contribution in [3.8, 4) is 0 Å². The van der Waals surface area contributed by atoms with Crippen molar-refractivity contribution in [3.05, 3.63) is 30.1 Å². The molecule has 2 heterocycles. The van der Waals surface area contributed by atoms with E-state index in [2.05, 4.69) is 9.55 Å². The van der Waals surface area contributed by atoms with Gasteiger partial charge in [-0.25, -0.2) is 9.78 Å². The highest BCUT2D eigenvalue weighted by atomic mass is 32.2. The van der Waals surface area contributed by atoms with Crippen LogP contribution in [0.2, 0.25) is 0 Å². The van der Waals surface area contributed by atoms with E-state index in [0.29, 0.717) is 11.4 Å². The van der Waals surface area contributed by atoms with Gasteiger partial charge >= 0.3 is 5.97 Å². The Labute approximate surface area is 115 Å². The number of carboxylic acids is 1. The monoisotopic (exact) mass is 276 g/mol. The Balaban J connectivity index is 1.92. The number of imidazole rings is 1. The lowest BCUT2D eigenvalue weighted by Gasteiger charge is -2.21. The largest absolute Gasteiger partial charge is 0.478 e. The number of hydrogen-bond donors (Lipinski definition) is 1. The molecule has 1 aliphatic heterocycles. The number of rotatable bonds is 3. The number of carbonyl (C=O) groups is 1. The Morgan fingerprint density at radius 3 is 2.95 bits per heavy atom. The molecule has 4 nitrogen and oxygen atoms in total. The smallest absolute Gasteiger partial charge is 0.337 e. The zero-order valence-electron chi connectivity index (χ0n) is 10.6. The first-order valence-electron chi connectivity index (χ1n) is 6.50. The van der Waals surface area contributed by atoms with Crippen molar-refractivity contribution < 1.29 is 9.90 Å². The molecule has 0 amide bonds. The topological polar surface area (TPSA) is 55.1 Å². The summed E-state index contributed by atoms with van der Waals surface area (Å²) in [6.45, 7) is 0.945. The van der Waals surface area contributed by atoms with Crippen LogP contribution in [0.15, 0.2) is 24.5 Å². The van der Waals surface area contributed by atoms with Gasteiger partial charge in [-0.2, -0.15) is 11.8 Å². The normalized spacial score (nSPS) is 16.8. The maximum absolute atomic E-state index is 11.2. The highest BCUT2D eigenvalue weighted by molar-refractivity contribution is 7.99. The molecular formula is C14H16N2O2S. The van der Waals surface area contributed by atoms with Crippen molar-refractivity contribution in [2.45, 2.75) is 19.4 Å². The Hall–Kier alpha value is -1.49. The standard InChI is InChI=1S/C14H16N2O2S/c17-14(18)11-2-1-3-12-13(11)15-9-16(12)8-10-4-6-19-7-5-10/h1-3,9-10H,4-8H2,(H,17,18). The summed E-state index contributed by atoms with van der Waals surface area (Å²) in [4.78, 5) is 15.4. The number of benzene rings is 1. The summed E-state index contributed by atoms with van der Waals surface area (Å²) >= 11 is 2.02. The number of aromatic carboxylic acids is 1. The van der Waals surface area contributed by atoms with Crippen LogP contribution in [0.1, 0.15) is 23.2 Å². The molecular weight excluding hydrogens is 260 g/mol. The van der Waals surface area contributed by atoms with Gasteiger partial charge in [0.25, 0.3) is 0 Å². The Morgan fingerprint density at radius 1 is 1.42 bits per heavy atom. The summed E-state index contributed by atoms with van der Waals surface area (Å²) in [5.41, 5.74) is 1.81. The van der Waals surface area contributed by atoms with Gasteiger partial charge in [-0.15, -0.1) is 0 Å². The van der Waals surface area contributed by atoms with Gasteiger partial charge in [0, 0.05) is 6.54 Å². The summed E-state index contributed by atoms with van der Waals surface area (Å²) in [6.07, 6.45) is 4.25. The van der Waals surface area contributed by atoms with Crippen LogP contribution in [-0.4, -0.2) is 32.1 Å². The molecule has 0 unspecified atom stereocenters. The molecule has 1 saturated heterocycles. The van der Waals surface area contributed by atoms with Gasteiger partial charge in [-0.3, -0.25) is 0 Å². The number of fused-ring (bicyclic) bond motifs is 1. The van der Waals surface area contributed by atoms with Crippen LogP contribution in [0.25, 0.3) is 11.0 Å². The minimum Gasteiger partial charge on any atom is -0.478 e. The minimum absolute atomic E-state index is 0.287. The van der Waals surface area contributed by atoms with E-state index in [9.17, 15) is 4.79 Å². The van der Waals surface area contributed by atoms with Crippen LogP contribution in [0.5, 0.6) is 0 Å². The number of thioether (sulfide) groups is 1. The number of aromatic nitrogens is 2. The average Bonchev–Trinajstić information content (AvgIpc) is 2.83. The van der Waals surface area contributed by atoms with Crippen LogP contribution < -0.4 is 0 Å². The van der Waals surface area contributed by atoms with Crippen LogP contribution in [0.3, 0.4) is 0 Å². The molecule has 5 heteroatoms. The molecule has 2 aromatic rings. The van der Waals surface area contributed by atoms with Gasteiger partial charge in [-0.05, 0) is 42.4 Å². The van der Waals surface area contributed by atoms with Crippen LogP contribution in [0, 0.1) is 5.92 Å². The number of para-hydroxylation sites is 1. The van der Waals surface area contributed by atoms with Crippen molar-refractivity contribution in [3.63, 3.8) is 0 Å². The molecule has 19 heavy (non-hydrogen) atoms. The summed E-state index contributed by atoms with van der Waals surface area (Å²) < 4.78 is 2.10. The van der Waals surface area contributed by atoms with Crippen molar-refractivity contribution >= 4 is 28.8 Å². The summed E-state index contributed by atoms with van der Waals surface area (Å²) in [7, 11) is 0. The van der Waals surface area contributed by atoms with E-state index in [0.717, 1.165) is 12.1 Å². The second-order valence-corrected chi connectivity index (χ2v) is 6.16. The van der Waals surface area contributed by atoms with Gasteiger partial charge in [0.05, 0.1) is 17.4 Å². The van der Waals surface area contributed by atoms with E-state index >= 15 is 0 Å². The minimum atomic E-state index is -0.912. The van der Waals surface area contributed by atoms with Crippen molar-refractivity contribution in [2.24, 2.45) is 5.92 Å². The molecule has 0 atom stereocenters. The highest BCUT2D eigenvalue weighted by Crippen LogP contribution is 2.26. The molecule has 1 aromatic heterocycles. The van der Waals surface area contributed by atoms with Crippen molar-refractivity contribution in [1.29, 1.82) is 0 Å². The van der Waals surface area contributed by atoms with E-state index in [1.54, 1.807) is 18.5 Å². The lowest BCUT2D eigenvalue weighted by atomic mass is 10.0. The summed E-state index contributed by atoms with van der Waals surface area (Å²) in [5, 5.41) is 9.16. The molecule has 0 saturated carbocycles. The lowest BCUT2D eigenvalue weighted by molar-refractivity contribution is 0.0699. The maximum atomic E-state index is 11.2. The van der Waals surface area contributed by atoms with Crippen molar-refractivity contribution in [2.75, 3.05) is 11.5 Å². The zero-order chi connectivity index (χ0) is 13.2. The van der Waals surface area contributed by atoms with E-state index in [4.69, 9.17) is 5.11 Å². The molecule has 100 valence electrons. The first-order chi connectivity index (χ1) is 9.25. The number of hydrogen-bond acceptors (Lipinski definition) is 3. The summed E-state index contributed by atoms with van der Waals surface area (Å²) in [6, 6.07) is 5.35. The third-order valence-corrected chi connectivity index (χ3v) is 4.73. The van der Waals surface area contributed by atoms with E-state index in [1.807, 2.05) is 17.8 Å². The second-order valence-electron chi connectivity index (χ2n) is 4.93. The fourth-order valence-corrected chi connectivity index (χ4v) is 3.82. The molecule has 0 bridgehead atoms. The van der Waals surface area contributed by atoms with Crippen molar-refractivity contribution in [1.82, 2.24) is 9.55 Å². The molecule has 1 fully saturated rings. The van der Waals surface area contributed by atoms with Gasteiger partial charge in [0.2, 0.25) is 0 Å². The van der Waals surface area contributed by atoms with E-state index in [-0.39, 0.29) is 5.56 Å². The number of nitrogens with zero attached hydrogens (tertiary/aromatic N) is 2. The Morgan fingerprint density at radius 2 is 2.21 bits per heavy atom. The molecule has 0 spiro atoms. The Kier molecular flexibility index (Phi) is 3.46. The fourth-order valence-electron chi connectivity index (χ4n) is 2.61. The third kappa shape index (κ3) is 2.47. The molecule has 1 aromatic carbocycles. The maximum Gasteiger partial charge on any atom is 0.337 e. The van der Waals surface area contributed by atoms with E-state index in [1.165, 1.54) is 24.3 Å². The predicted octanol–water partition coefficient (Wildman–Crippen LogP) is 2.88. The predicted molar refractivity (Wildman–Crippen MR) is 76.7 cm³/mol. The van der Waals surface area contributed by atoms with Gasteiger partial charge in [0.15, 0.2) is 0 Å². The van der Waals surface area contributed by atoms with Crippen LogP contribution in [0.4, 0.5) is 0 Å². The third-order valence-electron chi connectivity index (χ3n) is 3.68. The first-order valence-corrected chi connectivity index (χ1v) is 7.66. The Bertz CT molecular complexity index is 603. The fraction of sp³-hybridized carbons (Fsp3) is 0.429. The molecule has 1 aliphatic rings. The average molecular weight is 276 g/mol. The van der Waals surface area contributed by atoms with Gasteiger partial charge < -0.3 is 9.67 Å².